The standard InChI is InChI=1S/C18H31NO2/c1-12(2)7-17(3,21)11-19-16(20)18-8-13-4-14(9-18)6-15(5-13)10-18/h12-15,21H,4-11H2,1-3H3,(H,19,20). The van der Waals surface area contributed by atoms with Crippen LogP contribution in [0.3, 0.4) is 0 Å². The van der Waals surface area contributed by atoms with Gasteiger partial charge in [0.2, 0.25) is 5.91 Å². The predicted molar refractivity (Wildman–Crippen MR) is 83.7 cm³/mol. The van der Waals surface area contributed by atoms with Gasteiger partial charge in [-0.2, -0.15) is 0 Å². The topological polar surface area (TPSA) is 49.3 Å². The Labute approximate surface area is 128 Å². The smallest absolute Gasteiger partial charge is 0.226 e. The third kappa shape index (κ3) is 3.13. The van der Waals surface area contributed by atoms with Crippen LogP contribution in [0.25, 0.3) is 0 Å². The molecule has 0 aromatic rings. The van der Waals surface area contributed by atoms with Gasteiger partial charge >= 0.3 is 0 Å². The zero-order chi connectivity index (χ0) is 15.3. The summed E-state index contributed by atoms with van der Waals surface area (Å²) in [7, 11) is 0. The van der Waals surface area contributed by atoms with Gasteiger partial charge in [0, 0.05) is 12.0 Å². The number of hydrogen-bond acceptors (Lipinski definition) is 2. The van der Waals surface area contributed by atoms with Gasteiger partial charge in [0.25, 0.3) is 0 Å². The molecule has 0 aromatic carbocycles. The van der Waals surface area contributed by atoms with E-state index in [1.807, 2.05) is 6.92 Å². The summed E-state index contributed by atoms with van der Waals surface area (Å²) in [5.41, 5.74) is -0.880. The van der Waals surface area contributed by atoms with Crippen LogP contribution in [0, 0.1) is 29.1 Å². The normalized spacial score (nSPS) is 40.3. The van der Waals surface area contributed by atoms with Crippen molar-refractivity contribution in [3.8, 4) is 0 Å². The molecular formula is C18H31NO2. The zero-order valence-electron chi connectivity index (χ0n) is 13.8. The summed E-state index contributed by atoms with van der Waals surface area (Å²) in [6.07, 6.45) is 8.09. The quantitative estimate of drug-likeness (QED) is 0.818. The minimum Gasteiger partial charge on any atom is -0.388 e. The molecular weight excluding hydrogens is 262 g/mol. The molecule has 3 heteroatoms. The largest absolute Gasteiger partial charge is 0.388 e. The van der Waals surface area contributed by atoms with E-state index in [1.54, 1.807) is 0 Å². The Kier molecular flexibility index (Phi) is 3.84. The SMILES string of the molecule is CC(C)CC(C)(O)CNC(=O)C12CC3CC(CC(C3)C1)C2. The van der Waals surface area contributed by atoms with Gasteiger partial charge in [-0.15, -0.1) is 0 Å². The fourth-order valence-electron chi connectivity index (χ4n) is 5.80. The molecule has 120 valence electrons. The van der Waals surface area contributed by atoms with Crippen LogP contribution < -0.4 is 5.32 Å². The average Bonchev–Trinajstić information content (AvgIpc) is 2.32. The van der Waals surface area contributed by atoms with Crippen LogP contribution in [-0.4, -0.2) is 23.2 Å². The second-order valence-electron chi connectivity index (χ2n) is 8.98. The van der Waals surface area contributed by atoms with E-state index in [1.165, 1.54) is 19.3 Å². The lowest BCUT2D eigenvalue weighted by molar-refractivity contribution is -0.147. The summed E-state index contributed by atoms with van der Waals surface area (Å²) < 4.78 is 0. The molecule has 4 saturated carbocycles. The Morgan fingerprint density at radius 3 is 2.10 bits per heavy atom. The molecule has 0 saturated heterocycles. The van der Waals surface area contributed by atoms with Crippen molar-refractivity contribution in [2.24, 2.45) is 29.1 Å². The van der Waals surface area contributed by atoms with Crippen molar-refractivity contribution in [2.75, 3.05) is 6.54 Å². The Morgan fingerprint density at radius 1 is 1.19 bits per heavy atom. The molecule has 4 aliphatic carbocycles. The van der Waals surface area contributed by atoms with Gasteiger partial charge < -0.3 is 10.4 Å². The van der Waals surface area contributed by atoms with Crippen LogP contribution in [0.15, 0.2) is 0 Å². The van der Waals surface area contributed by atoms with Crippen LogP contribution in [-0.2, 0) is 4.79 Å². The summed E-state index contributed by atoms with van der Waals surface area (Å²) in [4.78, 5) is 12.8. The third-order valence-electron chi connectivity index (χ3n) is 6.00. The van der Waals surface area contributed by atoms with Crippen molar-refractivity contribution in [3.05, 3.63) is 0 Å². The molecule has 4 fully saturated rings. The first-order valence-electron chi connectivity index (χ1n) is 8.79. The van der Waals surface area contributed by atoms with Crippen molar-refractivity contribution in [1.29, 1.82) is 0 Å². The Bertz CT molecular complexity index is 378. The molecule has 2 N–H and O–H groups in total. The van der Waals surface area contributed by atoms with Gasteiger partial charge in [-0.25, -0.2) is 0 Å². The molecule has 3 nitrogen and oxygen atoms in total. The van der Waals surface area contributed by atoms with Crippen molar-refractivity contribution in [2.45, 2.75) is 71.3 Å². The van der Waals surface area contributed by atoms with Crippen molar-refractivity contribution >= 4 is 5.91 Å². The number of aliphatic hydroxyl groups is 1. The van der Waals surface area contributed by atoms with Crippen molar-refractivity contribution in [3.63, 3.8) is 0 Å². The van der Waals surface area contributed by atoms with Crippen molar-refractivity contribution < 1.29 is 9.90 Å². The molecule has 4 aliphatic rings. The highest BCUT2D eigenvalue weighted by molar-refractivity contribution is 5.83. The van der Waals surface area contributed by atoms with E-state index in [0.717, 1.165) is 43.4 Å². The molecule has 0 spiro atoms. The van der Waals surface area contributed by atoms with Crippen LogP contribution in [0.4, 0.5) is 0 Å². The van der Waals surface area contributed by atoms with Gasteiger partial charge in [-0.05, 0) is 75.5 Å². The molecule has 4 rings (SSSR count). The van der Waals surface area contributed by atoms with E-state index < -0.39 is 5.60 Å². The second-order valence-corrected chi connectivity index (χ2v) is 8.98. The van der Waals surface area contributed by atoms with E-state index in [4.69, 9.17) is 0 Å². The summed E-state index contributed by atoms with van der Waals surface area (Å²) in [6.45, 7) is 6.45. The monoisotopic (exact) mass is 293 g/mol. The lowest BCUT2D eigenvalue weighted by Gasteiger charge is -2.55. The highest BCUT2D eigenvalue weighted by Gasteiger charge is 2.54. The number of rotatable bonds is 5. The molecule has 1 atom stereocenters. The maximum atomic E-state index is 12.8. The fourth-order valence-corrected chi connectivity index (χ4v) is 5.80. The first kappa shape index (κ1) is 15.3. The van der Waals surface area contributed by atoms with Gasteiger partial charge in [0.15, 0.2) is 0 Å². The zero-order valence-corrected chi connectivity index (χ0v) is 13.8. The van der Waals surface area contributed by atoms with Crippen molar-refractivity contribution in [1.82, 2.24) is 5.32 Å². The first-order valence-corrected chi connectivity index (χ1v) is 8.79. The van der Waals surface area contributed by atoms with E-state index in [9.17, 15) is 9.90 Å². The Hall–Kier alpha value is -0.570. The van der Waals surface area contributed by atoms with Gasteiger partial charge in [-0.3, -0.25) is 4.79 Å². The average molecular weight is 293 g/mol. The molecule has 4 bridgehead atoms. The lowest BCUT2D eigenvalue weighted by atomic mass is 9.49. The Morgan fingerprint density at radius 2 is 1.67 bits per heavy atom. The van der Waals surface area contributed by atoms with E-state index in [2.05, 4.69) is 19.2 Å². The second kappa shape index (κ2) is 5.26. The van der Waals surface area contributed by atoms with E-state index >= 15 is 0 Å². The molecule has 0 aromatic heterocycles. The summed E-state index contributed by atoms with van der Waals surface area (Å²) in [5, 5.41) is 13.5. The molecule has 21 heavy (non-hydrogen) atoms. The first-order chi connectivity index (χ1) is 9.78. The fraction of sp³-hybridized carbons (Fsp3) is 0.944. The van der Waals surface area contributed by atoms with Gasteiger partial charge in [-0.1, -0.05) is 13.8 Å². The van der Waals surface area contributed by atoms with E-state index in [0.29, 0.717) is 12.5 Å². The van der Waals surface area contributed by atoms with Gasteiger partial charge in [0.1, 0.15) is 0 Å². The molecule has 1 unspecified atom stereocenters. The molecule has 0 heterocycles. The Balaban J connectivity index is 1.61. The summed E-state index contributed by atoms with van der Waals surface area (Å²) >= 11 is 0. The lowest BCUT2D eigenvalue weighted by Crippen LogP contribution is -2.55. The highest BCUT2D eigenvalue weighted by Crippen LogP contribution is 2.60. The van der Waals surface area contributed by atoms with Gasteiger partial charge in [0.05, 0.1) is 5.60 Å². The minimum atomic E-state index is -0.786. The highest BCUT2D eigenvalue weighted by atomic mass is 16.3. The number of hydrogen-bond donors (Lipinski definition) is 2. The molecule has 0 aliphatic heterocycles. The summed E-state index contributed by atoms with van der Waals surface area (Å²) in [5.74, 6) is 3.04. The van der Waals surface area contributed by atoms with Crippen LogP contribution >= 0.6 is 0 Å². The number of carbonyl (C=O) groups is 1. The predicted octanol–water partition coefficient (Wildman–Crippen LogP) is 3.12. The number of amides is 1. The summed E-state index contributed by atoms with van der Waals surface area (Å²) in [6, 6.07) is 0. The van der Waals surface area contributed by atoms with E-state index in [-0.39, 0.29) is 11.3 Å². The maximum Gasteiger partial charge on any atom is 0.226 e. The minimum absolute atomic E-state index is 0.0946. The van der Waals surface area contributed by atoms with Crippen LogP contribution in [0.5, 0.6) is 0 Å². The molecule has 1 amide bonds. The van der Waals surface area contributed by atoms with Crippen LogP contribution in [0.2, 0.25) is 0 Å². The van der Waals surface area contributed by atoms with Crippen LogP contribution in [0.1, 0.15) is 65.7 Å². The third-order valence-corrected chi connectivity index (χ3v) is 6.00. The molecule has 0 radical (unpaired) electrons. The number of nitrogens with one attached hydrogen (secondary N) is 1. The maximum absolute atomic E-state index is 12.8. The number of carbonyl (C=O) groups excluding carboxylic acids is 1.